The topological polar surface area (TPSA) is 15.3 Å². The number of alkyl halides is 3. The summed E-state index contributed by atoms with van der Waals surface area (Å²) in [7, 11) is 3.96. The Morgan fingerprint density at radius 2 is 1.78 bits per heavy atom. The summed E-state index contributed by atoms with van der Waals surface area (Å²) in [6.45, 7) is 1.50. The van der Waals surface area contributed by atoms with Crippen LogP contribution in [0.15, 0.2) is 24.3 Å². The highest BCUT2D eigenvalue weighted by molar-refractivity contribution is 5.52. The summed E-state index contributed by atoms with van der Waals surface area (Å²) in [6.07, 6.45) is -2.48. The number of benzene rings is 1. The number of rotatable bonds is 6. The van der Waals surface area contributed by atoms with Crippen molar-refractivity contribution in [1.82, 2.24) is 4.90 Å². The van der Waals surface area contributed by atoms with Crippen LogP contribution in [0.2, 0.25) is 0 Å². The number of unbranched alkanes of at least 4 members (excludes halogenated alkanes) is 1. The molecule has 0 amide bonds. The first-order valence-electron chi connectivity index (χ1n) is 5.96. The lowest BCUT2D eigenvalue weighted by Gasteiger charge is -2.14. The van der Waals surface area contributed by atoms with Crippen molar-refractivity contribution in [1.29, 1.82) is 0 Å². The van der Waals surface area contributed by atoms with E-state index in [4.69, 9.17) is 0 Å². The average molecular weight is 260 g/mol. The zero-order valence-corrected chi connectivity index (χ0v) is 10.7. The lowest BCUT2D eigenvalue weighted by molar-refractivity contribution is -0.136. The third-order valence-electron chi connectivity index (χ3n) is 2.58. The fourth-order valence-corrected chi connectivity index (χ4v) is 1.66. The summed E-state index contributed by atoms with van der Waals surface area (Å²) in [6, 6.07) is 5.58. The fourth-order valence-electron chi connectivity index (χ4n) is 1.66. The van der Waals surface area contributed by atoms with Gasteiger partial charge in [0.25, 0.3) is 0 Å². The van der Waals surface area contributed by atoms with E-state index in [1.165, 1.54) is 12.1 Å². The Morgan fingerprint density at radius 1 is 1.11 bits per heavy atom. The molecule has 18 heavy (non-hydrogen) atoms. The van der Waals surface area contributed by atoms with Gasteiger partial charge in [-0.2, -0.15) is 13.2 Å². The van der Waals surface area contributed by atoms with Crippen molar-refractivity contribution in [2.75, 3.05) is 32.5 Å². The molecule has 0 unspecified atom stereocenters. The first kappa shape index (κ1) is 14.8. The molecule has 0 fully saturated rings. The second kappa shape index (κ2) is 6.64. The highest BCUT2D eigenvalue weighted by atomic mass is 19.4. The third kappa shape index (κ3) is 4.96. The van der Waals surface area contributed by atoms with Crippen LogP contribution in [0.4, 0.5) is 18.9 Å². The molecule has 0 aliphatic heterocycles. The van der Waals surface area contributed by atoms with Crippen LogP contribution in [0.5, 0.6) is 0 Å². The molecule has 0 spiro atoms. The molecule has 0 heterocycles. The summed E-state index contributed by atoms with van der Waals surface area (Å²) in [5, 5.41) is 2.86. The highest BCUT2D eigenvalue weighted by Crippen LogP contribution is 2.34. The number of halogens is 3. The molecular weight excluding hydrogens is 241 g/mol. The summed E-state index contributed by atoms with van der Waals surface area (Å²) < 4.78 is 38.0. The van der Waals surface area contributed by atoms with Crippen molar-refractivity contribution < 1.29 is 13.2 Å². The number of para-hydroxylation sites is 1. The zero-order valence-electron chi connectivity index (χ0n) is 10.7. The van der Waals surface area contributed by atoms with E-state index < -0.39 is 11.7 Å². The first-order chi connectivity index (χ1) is 8.41. The molecule has 1 aromatic carbocycles. The Morgan fingerprint density at radius 3 is 2.39 bits per heavy atom. The van der Waals surface area contributed by atoms with E-state index in [9.17, 15) is 13.2 Å². The lowest BCUT2D eigenvalue weighted by Crippen LogP contribution is -2.15. The lowest BCUT2D eigenvalue weighted by atomic mass is 10.1. The van der Waals surface area contributed by atoms with Gasteiger partial charge in [-0.25, -0.2) is 0 Å². The van der Waals surface area contributed by atoms with Crippen molar-refractivity contribution in [2.45, 2.75) is 19.0 Å². The molecule has 0 radical (unpaired) electrons. The SMILES string of the molecule is CN(C)CCCCNc1ccccc1C(F)(F)F. The zero-order chi connectivity index (χ0) is 13.6. The molecule has 0 aliphatic carbocycles. The van der Waals surface area contributed by atoms with Crippen LogP contribution in [-0.4, -0.2) is 32.1 Å². The first-order valence-corrected chi connectivity index (χ1v) is 5.96. The van der Waals surface area contributed by atoms with E-state index in [-0.39, 0.29) is 5.69 Å². The fraction of sp³-hybridized carbons (Fsp3) is 0.538. The summed E-state index contributed by atoms with van der Waals surface area (Å²) in [4.78, 5) is 2.06. The Bertz CT molecular complexity index is 361. The van der Waals surface area contributed by atoms with Gasteiger partial charge in [0.2, 0.25) is 0 Å². The van der Waals surface area contributed by atoms with E-state index in [1.54, 1.807) is 6.07 Å². The minimum absolute atomic E-state index is 0.162. The number of nitrogens with one attached hydrogen (secondary N) is 1. The molecule has 5 heteroatoms. The minimum Gasteiger partial charge on any atom is -0.385 e. The highest BCUT2D eigenvalue weighted by Gasteiger charge is 2.32. The Balaban J connectivity index is 2.47. The van der Waals surface area contributed by atoms with Gasteiger partial charge >= 0.3 is 6.18 Å². The van der Waals surface area contributed by atoms with Crippen molar-refractivity contribution in [3.05, 3.63) is 29.8 Å². The predicted molar refractivity (Wildman–Crippen MR) is 67.7 cm³/mol. The predicted octanol–water partition coefficient (Wildman–Crippen LogP) is 3.46. The second-order valence-corrected chi connectivity index (χ2v) is 4.48. The van der Waals surface area contributed by atoms with Gasteiger partial charge in [0, 0.05) is 12.2 Å². The molecule has 1 N–H and O–H groups in total. The molecule has 2 nitrogen and oxygen atoms in total. The van der Waals surface area contributed by atoms with Gasteiger partial charge in [-0.3, -0.25) is 0 Å². The van der Waals surface area contributed by atoms with Crippen LogP contribution in [0.1, 0.15) is 18.4 Å². The normalized spacial score (nSPS) is 11.9. The second-order valence-electron chi connectivity index (χ2n) is 4.48. The Kier molecular flexibility index (Phi) is 5.47. The standard InChI is InChI=1S/C13H19F3N2/c1-18(2)10-6-5-9-17-12-8-4-3-7-11(12)13(14,15)16/h3-4,7-8,17H,5-6,9-10H2,1-2H3. The maximum Gasteiger partial charge on any atom is 0.418 e. The van der Waals surface area contributed by atoms with E-state index in [0.29, 0.717) is 6.54 Å². The number of nitrogens with zero attached hydrogens (tertiary/aromatic N) is 1. The molecule has 1 aromatic rings. The Hall–Kier alpha value is -1.23. The molecule has 1 rings (SSSR count). The summed E-state index contributed by atoms with van der Waals surface area (Å²) >= 11 is 0. The molecule has 0 saturated heterocycles. The minimum atomic E-state index is -4.30. The van der Waals surface area contributed by atoms with Gasteiger partial charge in [-0.05, 0) is 45.6 Å². The van der Waals surface area contributed by atoms with Gasteiger partial charge < -0.3 is 10.2 Å². The number of hydrogen-bond donors (Lipinski definition) is 1. The molecular formula is C13H19F3N2. The van der Waals surface area contributed by atoms with E-state index in [0.717, 1.165) is 25.5 Å². The molecule has 0 bridgehead atoms. The van der Waals surface area contributed by atoms with Gasteiger partial charge in [0.15, 0.2) is 0 Å². The maximum absolute atomic E-state index is 12.7. The largest absolute Gasteiger partial charge is 0.418 e. The monoisotopic (exact) mass is 260 g/mol. The van der Waals surface area contributed by atoms with Crippen LogP contribution < -0.4 is 5.32 Å². The average Bonchev–Trinajstić information content (AvgIpc) is 2.27. The number of anilines is 1. The van der Waals surface area contributed by atoms with E-state index >= 15 is 0 Å². The van der Waals surface area contributed by atoms with Crippen LogP contribution in [0.25, 0.3) is 0 Å². The van der Waals surface area contributed by atoms with E-state index in [1.807, 2.05) is 14.1 Å². The van der Waals surface area contributed by atoms with Crippen LogP contribution >= 0.6 is 0 Å². The van der Waals surface area contributed by atoms with Gasteiger partial charge in [0.1, 0.15) is 0 Å². The molecule has 0 aromatic heterocycles. The van der Waals surface area contributed by atoms with Gasteiger partial charge in [-0.15, -0.1) is 0 Å². The van der Waals surface area contributed by atoms with Crippen molar-refractivity contribution in [3.8, 4) is 0 Å². The third-order valence-corrected chi connectivity index (χ3v) is 2.58. The van der Waals surface area contributed by atoms with Crippen LogP contribution in [0.3, 0.4) is 0 Å². The summed E-state index contributed by atoms with van der Waals surface area (Å²) in [5.41, 5.74) is -0.438. The summed E-state index contributed by atoms with van der Waals surface area (Å²) in [5.74, 6) is 0. The van der Waals surface area contributed by atoms with Crippen molar-refractivity contribution in [2.24, 2.45) is 0 Å². The van der Waals surface area contributed by atoms with Gasteiger partial charge in [0.05, 0.1) is 5.56 Å². The van der Waals surface area contributed by atoms with Crippen molar-refractivity contribution >= 4 is 5.69 Å². The molecule has 0 saturated carbocycles. The van der Waals surface area contributed by atoms with Crippen molar-refractivity contribution in [3.63, 3.8) is 0 Å². The maximum atomic E-state index is 12.7. The molecule has 102 valence electrons. The Labute approximate surface area is 106 Å². The number of hydrogen-bond acceptors (Lipinski definition) is 2. The van der Waals surface area contributed by atoms with E-state index in [2.05, 4.69) is 10.2 Å². The molecule has 0 atom stereocenters. The smallest absolute Gasteiger partial charge is 0.385 e. The molecule has 0 aliphatic rings. The van der Waals surface area contributed by atoms with Gasteiger partial charge in [-0.1, -0.05) is 12.1 Å². The quantitative estimate of drug-likeness (QED) is 0.788. The van der Waals surface area contributed by atoms with Crippen LogP contribution in [0, 0.1) is 0 Å². The van der Waals surface area contributed by atoms with Crippen LogP contribution in [-0.2, 0) is 6.18 Å².